The van der Waals surface area contributed by atoms with Gasteiger partial charge in [-0.2, -0.15) is 0 Å². The van der Waals surface area contributed by atoms with E-state index in [1.165, 1.54) is 23.9 Å². The third-order valence-electron chi connectivity index (χ3n) is 1.94. The van der Waals surface area contributed by atoms with Gasteiger partial charge in [0, 0.05) is 29.1 Å². The van der Waals surface area contributed by atoms with Gasteiger partial charge in [-0.25, -0.2) is 0 Å². The average Bonchev–Trinajstić information content (AvgIpc) is 2.34. The number of rotatable bonds is 3. The molecule has 0 bridgehead atoms. The average molecular weight is 391 g/mol. The first-order chi connectivity index (χ1) is 8.86. The van der Waals surface area contributed by atoms with Crippen molar-refractivity contribution in [2.24, 2.45) is 21.7 Å². The third-order valence-corrected chi connectivity index (χ3v) is 3.46. The van der Waals surface area contributed by atoms with Crippen LogP contribution in [0.1, 0.15) is 5.56 Å². The molecule has 1 radical (unpaired) electrons. The quantitative estimate of drug-likeness (QED) is 0.359. The molecule has 0 saturated carbocycles. The molecular weight excluding hydrogens is 382 g/mol. The van der Waals surface area contributed by atoms with E-state index in [0.717, 1.165) is 0 Å². The van der Waals surface area contributed by atoms with Crippen LogP contribution in [0.15, 0.2) is 22.3 Å². The Kier molecular flexibility index (Phi) is 8.66. The van der Waals surface area contributed by atoms with Crippen LogP contribution >= 0.6 is 46.6 Å². The maximum absolute atomic E-state index is 11.4. The molecule has 0 fully saturated rings. The summed E-state index contributed by atoms with van der Waals surface area (Å²) >= 11 is 18.9. The zero-order valence-electron chi connectivity index (χ0n) is 10.1. The minimum atomic E-state index is -0.821. The van der Waals surface area contributed by atoms with E-state index in [-0.39, 0.29) is 45.0 Å². The molecule has 20 heavy (non-hydrogen) atoms. The van der Waals surface area contributed by atoms with E-state index >= 15 is 0 Å². The van der Waals surface area contributed by atoms with Gasteiger partial charge in [0.2, 0.25) is 0 Å². The zero-order valence-corrected chi connectivity index (χ0v) is 14.6. The van der Waals surface area contributed by atoms with Crippen LogP contribution < -0.4 is 11.5 Å². The molecule has 1 aromatic carbocycles. The summed E-state index contributed by atoms with van der Waals surface area (Å²) in [6.07, 6.45) is 1.71. The van der Waals surface area contributed by atoms with Crippen LogP contribution in [-0.4, -0.2) is 23.0 Å². The summed E-state index contributed by atoms with van der Waals surface area (Å²) in [5.41, 5.74) is 10.7. The van der Waals surface area contributed by atoms with Crippen LogP contribution in [0.5, 0.6) is 0 Å². The second-order valence-electron chi connectivity index (χ2n) is 3.20. The van der Waals surface area contributed by atoms with Crippen molar-refractivity contribution in [1.29, 1.82) is 0 Å². The fourth-order valence-corrected chi connectivity index (χ4v) is 1.92. The Balaban J connectivity index is 0.00000361. The van der Waals surface area contributed by atoms with Crippen molar-refractivity contribution in [2.75, 3.05) is 6.26 Å². The smallest absolute Gasteiger partial charge is 0.269 e. The van der Waals surface area contributed by atoms with Crippen LogP contribution in [0.2, 0.25) is 15.1 Å². The molecule has 0 aliphatic carbocycles. The fraction of sp³-hybridized carbons (Fsp3) is 0.100. The fourth-order valence-electron chi connectivity index (χ4n) is 1.10. The van der Waals surface area contributed by atoms with Crippen molar-refractivity contribution in [3.8, 4) is 0 Å². The van der Waals surface area contributed by atoms with Crippen molar-refractivity contribution in [3.63, 3.8) is 0 Å². The van der Waals surface area contributed by atoms with Gasteiger partial charge in [-0.15, -0.1) is 10.2 Å². The summed E-state index contributed by atoms with van der Waals surface area (Å²) in [6.45, 7) is 0. The number of nitrogens with two attached hydrogens (primary N) is 2. The number of hydrogen-bond acceptors (Lipinski definition) is 4. The Morgan fingerprint density at radius 2 is 1.80 bits per heavy atom. The number of amides is 1. The first-order valence-electron chi connectivity index (χ1n) is 4.76. The normalized spacial score (nSPS) is 12.0. The maximum atomic E-state index is 11.4. The molecule has 0 heterocycles. The minimum Gasteiger partial charge on any atom is -0.377 e. The number of amidine groups is 1. The van der Waals surface area contributed by atoms with Crippen molar-refractivity contribution in [2.45, 2.75) is 0 Å². The van der Waals surface area contributed by atoms with Gasteiger partial charge in [-0.1, -0.05) is 46.6 Å². The SMILES string of the molecule is CSC(N)=N/N=C(/C(N)=O)c1cc(Cl)cc(Cl)c1Cl.[V]. The van der Waals surface area contributed by atoms with E-state index in [1.54, 1.807) is 6.26 Å². The minimum absolute atomic E-state index is 0. The Hall–Kier alpha value is -0.366. The predicted octanol–water partition coefficient (Wildman–Crippen LogP) is 2.51. The molecule has 0 atom stereocenters. The summed E-state index contributed by atoms with van der Waals surface area (Å²) in [7, 11) is 0. The third kappa shape index (κ3) is 5.20. The number of nitrogens with zero attached hydrogens (tertiary/aromatic N) is 2. The second-order valence-corrected chi connectivity index (χ2v) is 5.25. The molecule has 0 saturated heterocycles. The van der Waals surface area contributed by atoms with E-state index in [2.05, 4.69) is 10.2 Å². The number of primary amides is 1. The van der Waals surface area contributed by atoms with Crippen LogP contribution in [0.25, 0.3) is 0 Å². The Bertz CT molecular complexity index is 580. The van der Waals surface area contributed by atoms with Gasteiger partial charge in [0.1, 0.15) is 0 Å². The molecule has 0 spiro atoms. The summed E-state index contributed by atoms with van der Waals surface area (Å²) in [5.74, 6) is -0.821. The monoisotopic (exact) mass is 389 g/mol. The number of halogens is 3. The van der Waals surface area contributed by atoms with Crippen LogP contribution in [0.3, 0.4) is 0 Å². The van der Waals surface area contributed by atoms with Crippen molar-refractivity contribution in [3.05, 3.63) is 32.8 Å². The van der Waals surface area contributed by atoms with E-state index in [9.17, 15) is 4.79 Å². The Labute approximate surface area is 147 Å². The zero-order chi connectivity index (χ0) is 14.6. The largest absolute Gasteiger partial charge is 0.377 e. The molecule has 5 nitrogen and oxygen atoms in total. The molecular formula is C10H9Cl3N4OSV. The Morgan fingerprint density at radius 1 is 1.20 bits per heavy atom. The van der Waals surface area contributed by atoms with Gasteiger partial charge < -0.3 is 11.5 Å². The van der Waals surface area contributed by atoms with Gasteiger partial charge in [-0.3, -0.25) is 4.79 Å². The number of carbonyl (C=O) groups excluding carboxylic acids is 1. The van der Waals surface area contributed by atoms with E-state index in [4.69, 9.17) is 46.3 Å². The number of thioether (sulfide) groups is 1. The predicted molar refractivity (Wildman–Crippen MR) is 82.3 cm³/mol. The molecule has 0 aromatic heterocycles. The van der Waals surface area contributed by atoms with E-state index < -0.39 is 5.91 Å². The van der Waals surface area contributed by atoms with Crippen molar-refractivity contribution < 1.29 is 23.4 Å². The van der Waals surface area contributed by atoms with E-state index in [1.807, 2.05) is 0 Å². The summed E-state index contributed by atoms with van der Waals surface area (Å²) in [6, 6.07) is 2.86. The number of benzene rings is 1. The topological polar surface area (TPSA) is 93.8 Å². The maximum Gasteiger partial charge on any atom is 0.269 e. The summed E-state index contributed by atoms with van der Waals surface area (Å²) < 4.78 is 0. The summed E-state index contributed by atoms with van der Waals surface area (Å²) in [4.78, 5) is 11.4. The summed E-state index contributed by atoms with van der Waals surface area (Å²) in [5, 5.41) is 8.08. The standard InChI is InChI=1S/C10H9Cl3N4OS.V/c1-19-10(15)17-16-8(9(14)18)5-2-4(11)3-6(12)7(5)13;/h2-3H,1H3,(H2,14,18)(H2,15,17);/b16-8+;. The van der Waals surface area contributed by atoms with Gasteiger partial charge in [0.05, 0.1) is 10.0 Å². The van der Waals surface area contributed by atoms with Crippen molar-refractivity contribution in [1.82, 2.24) is 0 Å². The van der Waals surface area contributed by atoms with Crippen LogP contribution in [0.4, 0.5) is 0 Å². The first kappa shape index (κ1) is 19.6. The number of carbonyl (C=O) groups is 1. The molecule has 1 rings (SSSR count). The van der Waals surface area contributed by atoms with Gasteiger partial charge in [-0.05, 0) is 18.4 Å². The molecule has 1 aromatic rings. The van der Waals surface area contributed by atoms with E-state index in [0.29, 0.717) is 5.02 Å². The molecule has 1 amide bonds. The van der Waals surface area contributed by atoms with Crippen LogP contribution in [-0.2, 0) is 23.4 Å². The van der Waals surface area contributed by atoms with Crippen LogP contribution in [0, 0.1) is 0 Å². The molecule has 0 aliphatic rings. The molecule has 0 aliphatic heterocycles. The first-order valence-corrected chi connectivity index (χ1v) is 7.12. The molecule has 10 heteroatoms. The van der Waals surface area contributed by atoms with Gasteiger partial charge >= 0.3 is 0 Å². The van der Waals surface area contributed by atoms with Crippen molar-refractivity contribution >= 4 is 63.4 Å². The number of hydrogen-bond donors (Lipinski definition) is 2. The van der Waals surface area contributed by atoms with Gasteiger partial charge in [0.25, 0.3) is 5.91 Å². The second kappa shape index (κ2) is 8.82. The molecule has 0 unspecified atom stereocenters. The molecule has 4 N–H and O–H groups in total. The molecule has 107 valence electrons. The van der Waals surface area contributed by atoms with Gasteiger partial charge in [0.15, 0.2) is 10.9 Å². The Morgan fingerprint density at radius 3 is 2.30 bits per heavy atom.